The summed E-state index contributed by atoms with van der Waals surface area (Å²) < 4.78 is 0. The van der Waals surface area contributed by atoms with E-state index in [1.165, 1.54) is 38.3 Å². The molecule has 0 atom stereocenters. The first-order valence-corrected chi connectivity index (χ1v) is 10.2. The zero-order valence-electron chi connectivity index (χ0n) is 11.7. The molecule has 0 spiro atoms. The largest absolute Gasteiger partial charge is 0.235 e. The summed E-state index contributed by atoms with van der Waals surface area (Å²) in [5.41, 5.74) is 0. The Hall–Kier alpha value is -0.268. The van der Waals surface area contributed by atoms with E-state index in [0.29, 0.717) is 6.71 Å². The third-order valence-corrected chi connectivity index (χ3v) is 5.26. The molecule has 0 aromatic carbocycles. The highest BCUT2D eigenvalue weighted by molar-refractivity contribution is 6.99. The molecule has 0 aliphatic heterocycles. The number of hydrogen-bond acceptors (Lipinski definition) is 1. The minimum Gasteiger partial charge on any atom is -0.235 e. The molecule has 92 valence electrons. The van der Waals surface area contributed by atoms with E-state index in [4.69, 9.17) is 0 Å². The third-order valence-electron chi connectivity index (χ3n) is 3.14. The quantitative estimate of drug-likeness (QED) is 0.456. The molecule has 0 saturated heterocycles. The van der Waals surface area contributed by atoms with Crippen LogP contribution in [0.15, 0.2) is 5.10 Å². The van der Waals surface area contributed by atoms with E-state index >= 15 is 0 Å². The average Bonchev–Trinajstić information content (AvgIpc) is 2.20. The molecule has 16 heavy (non-hydrogen) atoms. The fourth-order valence-electron chi connectivity index (χ4n) is 2.18. The van der Waals surface area contributed by atoms with Gasteiger partial charge in [0.05, 0.1) is 8.07 Å². The zero-order chi connectivity index (χ0) is 12.6. The van der Waals surface area contributed by atoms with Crippen molar-refractivity contribution < 1.29 is 4.79 Å². The van der Waals surface area contributed by atoms with E-state index in [0.717, 1.165) is 5.10 Å². The van der Waals surface area contributed by atoms with Crippen LogP contribution in [-0.4, -0.2) is 20.7 Å². The molecule has 0 fully saturated rings. The topological polar surface area (TPSA) is 17.1 Å². The van der Waals surface area contributed by atoms with Gasteiger partial charge in [0.25, 0.3) is 0 Å². The molecule has 0 aromatic heterocycles. The summed E-state index contributed by atoms with van der Waals surface area (Å²) in [5.74, 6) is 2.29. The van der Waals surface area contributed by atoms with Gasteiger partial charge in [-0.05, 0) is 5.10 Å². The van der Waals surface area contributed by atoms with Crippen LogP contribution < -0.4 is 0 Å². The highest BCUT2D eigenvalue weighted by Crippen LogP contribution is 2.23. The van der Waals surface area contributed by atoms with Crippen LogP contribution in [0.2, 0.25) is 32.3 Å². The van der Waals surface area contributed by atoms with Crippen molar-refractivity contribution in [2.45, 2.75) is 71.8 Å². The van der Waals surface area contributed by atoms with Crippen LogP contribution in [0.4, 0.5) is 0 Å². The molecule has 3 heteroatoms. The van der Waals surface area contributed by atoms with Crippen LogP contribution in [0.5, 0.6) is 0 Å². The maximum atomic E-state index is 11.2. The van der Waals surface area contributed by atoms with Gasteiger partial charge in [0.1, 0.15) is 5.94 Å². The summed E-state index contributed by atoms with van der Waals surface area (Å²) >= 11 is 0. The van der Waals surface area contributed by atoms with Gasteiger partial charge >= 0.3 is 0 Å². The van der Waals surface area contributed by atoms with E-state index in [1.54, 1.807) is 0 Å². The third kappa shape index (κ3) is 5.72. The summed E-state index contributed by atoms with van der Waals surface area (Å²) in [7, 11) is -1.46. The molecule has 0 aliphatic rings. The fourth-order valence-corrected chi connectivity index (χ4v) is 4.00. The van der Waals surface area contributed by atoms with Crippen molar-refractivity contribution >= 4 is 20.7 Å². The van der Waals surface area contributed by atoms with Gasteiger partial charge in [0.2, 0.25) is 0 Å². The lowest BCUT2D eigenvalue weighted by molar-refractivity contribution is 0.568. The second-order valence-corrected chi connectivity index (χ2v) is 10.8. The van der Waals surface area contributed by atoms with Crippen molar-refractivity contribution in [1.29, 1.82) is 0 Å². The fraction of sp³-hybridized carbons (Fsp3) is 0.846. The zero-order valence-corrected chi connectivity index (χ0v) is 12.7. The molecular formula is C13H27BOSi. The van der Waals surface area contributed by atoms with E-state index in [2.05, 4.69) is 39.4 Å². The number of carbonyl (C=O) groups excluding carboxylic acids is 1. The molecule has 0 aromatic rings. The number of unbranched alkanes of at least 4 members (excludes halogenated alkanes) is 2. The molecule has 0 radical (unpaired) electrons. The Kier molecular flexibility index (Phi) is 7.78. The van der Waals surface area contributed by atoms with Gasteiger partial charge in [0.15, 0.2) is 6.71 Å². The predicted molar refractivity (Wildman–Crippen MR) is 77.7 cm³/mol. The normalized spacial score (nSPS) is 11.1. The SMILES string of the molecule is CCCCB(CCCC)C(=C=O)[Si](C)(C)C. The molecule has 0 unspecified atom stereocenters. The average molecular weight is 238 g/mol. The van der Waals surface area contributed by atoms with Gasteiger partial charge in [-0.15, -0.1) is 0 Å². The Morgan fingerprint density at radius 3 is 1.75 bits per heavy atom. The Labute approximate surface area is 103 Å². The monoisotopic (exact) mass is 238 g/mol. The minimum absolute atomic E-state index is 0.518. The van der Waals surface area contributed by atoms with Crippen molar-refractivity contribution in [2.24, 2.45) is 0 Å². The Morgan fingerprint density at radius 2 is 1.50 bits per heavy atom. The van der Waals surface area contributed by atoms with Crippen molar-refractivity contribution in [3.05, 3.63) is 5.10 Å². The predicted octanol–water partition coefficient (Wildman–Crippen LogP) is 4.26. The number of hydrogen-bond donors (Lipinski definition) is 0. The highest BCUT2D eigenvalue weighted by atomic mass is 28.3. The smallest absolute Gasteiger partial charge is 0.179 e. The first kappa shape index (κ1) is 15.7. The lowest BCUT2D eigenvalue weighted by atomic mass is 9.43. The van der Waals surface area contributed by atoms with Crippen LogP contribution in [0.3, 0.4) is 0 Å². The molecule has 0 aliphatic carbocycles. The Morgan fingerprint density at radius 1 is 1.06 bits per heavy atom. The first-order chi connectivity index (χ1) is 7.47. The summed E-state index contributed by atoms with van der Waals surface area (Å²) in [6.45, 7) is 11.7. The van der Waals surface area contributed by atoms with Crippen LogP contribution >= 0.6 is 0 Å². The van der Waals surface area contributed by atoms with E-state index in [9.17, 15) is 4.79 Å². The molecule has 0 amide bonds. The van der Waals surface area contributed by atoms with Crippen LogP contribution in [0.1, 0.15) is 39.5 Å². The standard InChI is InChI=1S/C13H27BOSi/c1-6-8-10-14(11-9-7-2)13(12-15)16(3,4)5/h6-11H2,1-5H3. The Balaban J connectivity index is 4.64. The van der Waals surface area contributed by atoms with Crippen molar-refractivity contribution in [3.63, 3.8) is 0 Å². The van der Waals surface area contributed by atoms with Crippen LogP contribution in [0, 0.1) is 0 Å². The van der Waals surface area contributed by atoms with Gasteiger partial charge in [-0.1, -0.05) is 71.8 Å². The van der Waals surface area contributed by atoms with Gasteiger partial charge < -0.3 is 0 Å². The lowest BCUT2D eigenvalue weighted by Gasteiger charge is -2.24. The second kappa shape index (κ2) is 7.92. The maximum Gasteiger partial charge on any atom is 0.179 e. The number of rotatable bonds is 8. The molecule has 1 nitrogen and oxygen atoms in total. The van der Waals surface area contributed by atoms with E-state index in [1.807, 2.05) is 0 Å². The summed E-state index contributed by atoms with van der Waals surface area (Å²) in [5, 5.41) is 1.13. The molecule has 0 heterocycles. The molecular weight excluding hydrogens is 211 g/mol. The minimum atomic E-state index is -1.46. The van der Waals surface area contributed by atoms with Gasteiger partial charge in [0, 0.05) is 0 Å². The summed E-state index contributed by atoms with van der Waals surface area (Å²) in [6.07, 6.45) is 7.30. The maximum absolute atomic E-state index is 11.2. The summed E-state index contributed by atoms with van der Waals surface area (Å²) in [4.78, 5) is 11.2. The van der Waals surface area contributed by atoms with Crippen molar-refractivity contribution in [3.8, 4) is 0 Å². The first-order valence-electron chi connectivity index (χ1n) is 6.72. The van der Waals surface area contributed by atoms with Gasteiger partial charge in [-0.25, -0.2) is 4.79 Å². The van der Waals surface area contributed by atoms with Crippen molar-refractivity contribution in [2.75, 3.05) is 0 Å². The van der Waals surface area contributed by atoms with Gasteiger partial charge in [-0.2, -0.15) is 0 Å². The molecule has 0 rings (SSSR count). The van der Waals surface area contributed by atoms with Crippen LogP contribution in [0.25, 0.3) is 0 Å². The van der Waals surface area contributed by atoms with E-state index < -0.39 is 8.07 Å². The highest BCUT2D eigenvalue weighted by Gasteiger charge is 2.29. The van der Waals surface area contributed by atoms with E-state index in [-0.39, 0.29) is 0 Å². The van der Waals surface area contributed by atoms with Crippen molar-refractivity contribution in [1.82, 2.24) is 0 Å². The molecule has 0 N–H and O–H groups in total. The summed E-state index contributed by atoms with van der Waals surface area (Å²) in [6, 6.07) is 0. The second-order valence-electron chi connectivity index (χ2n) is 5.75. The lowest BCUT2D eigenvalue weighted by Crippen LogP contribution is -2.35. The molecule has 0 saturated carbocycles. The Bertz CT molecular complexity index is 231. The molecule has 0 bridgehead atoms. The van der Waals surface area contributed by atoms with Gasteiger partial charge in [-0.3, -0.25) is 0 Å². The van der Waals surface area contributed by atoms with Crippen LogP contribution in [-0.2, 0) is 4.79 Å².